The van der Waals surface area contributed by atoms with Crippen molar-refractivity contribution in [2.75, 3.05) is 5.32 Å². The number of aryl methyl sites for hydroxylation is 3. The van der Waals surface area contributed by atoms with Gasteiger partial charge in [0, 0.05) is 32.9 Å². The third-order valence-electron chi connectivity index (χ3n) is 4.01. The highest BCUT2D eigenvalue weighted by molar-refractivity contribution is 6.30. The first-order valence-corrected chi connectivity index (χ1v) is 7.50. The van der Waals surface area contributed by atoms with Gasteiger partial charge in [0.05, 0.1) is 0 Å². The minimum absolute atomic E-state index is 0.120. The Bertz CT molecular complexity index is 880. The van der Waals surface area contributed by atoms with E-state index in [1.807, 2.05) is 44.2 Å². The second kappa shape index (κ2) is 5.50. The van der Waals surface area contributed by atoms with Gasteiger partial charge < -0.3 is 10.3 Å². The zero-order valence-electron chi connectivity index (χ0n) is 12.8. The molecular formula is C18H17ClN2O. The smallest absolute Gasteiger partial charge is 0.255 e. The van der Waals surface area contributed by atoms with Gasteiger partial charge in [0.1, 0.15) is 0 Å². The summed E-state index contributed by atoms with van der Waals surface area (Å²) in [5.41, 5.74) is 5.71. The Labute approximate surface area is 134 Å². The highest BCUT2D eigenvalue weighted by atomic mass is 35.5. The first-order valence-electron chi connectivity index (χ1n) is 7.12. The number of H-pyrrole nitrogens is 1. The Morgan fingerprint density at radius 1 is 1.09 bits per heavy atom. The number of anilines is 1. The lowest BCUT2D eigenvalue weighted by Gasteiger charge is -2.09. The Morgan fingerprint density at radius 2 is 1.86 bits per heavy atom. The Kier molecular flexibility index (Phi) is 3.67. The molecule has 1 amide bonds. The molecule has 0 radical (unpaired) electrons. The predicted octanol–water partition coefficient (Wildman–Crippen LogP) is 5.00. The van der Waals surface area contributed by atoms with Crippen LogP contribution < -0.4 is 5.32 Å². The molecule has 0 unspecified atom stereocenters. The molecule has 2 aromatic carbocycles. The van der Waals surface area contributed by atoms with E-state index in [0.29, 0.717) is 10.6 Å². The van der Waals surface area contributed by atoms with Crippen LogP contribution in [-0.4, -0.2) is 10.9 Å². The molecule has 0 aliphatic heterocycles. The normalized spacial score (nSPS) is 10.9. The van der Waals surface area contributed by atoms with Crippen LogP contribution >= 0.6 is 11.6 Å². The summed E-state index contributed by atoms with van der Waals surface area (Å²) in [6, 6.07) is 11.1. The van der Waals surface area contributed by atoms with E-state index in [1.165, 1.54) is 5.56 Å². The lowest BCUT2D eigenvalue weighted by Crippen LogP contribution is -2.12. The number of aromatic nitrogens is 1. The van der Waals surface area contributed by atoms with E-state index in [2.05, 4.69) is 17.2 Å². The zero-order chi connectivity index (χ0) is 15.9. The highest BCUT2D eigenvalue weighted by Crippen LogP contribution is 2.24. The van der Waals surface area contributed by atoms with E-state index in [0.717, 1.165) is 27.8 Å². The first-order chi connectivity index (χ1) is 10.5. The summed E-state index contributed by atoms with van der Waals surface area (Å²) in [4.78, 5) is 15.8. The average Bonchev–Trinajstić information content (AvgIpc) is 2.77. The van der Waals surface area contributed by atoms with Gasteiger partial charge in [0.15, 0.2) is 0 Å². The second-order valence-electron chi connectivity index (χ2n) is 5.55. The fourth-order valence-electron chi connectivity index (χ4n) is 2.56. The van der Waals surface area contributed by atoms with Crippen molar-refractivity contribution in [1.29, 1.82) is 0 Å². The van der Waals surface area contributed by atoms with Crippen LogP contribution in [0.25, 0.3) is 10.9 Å². The quantitative estimate of drug-likeness (QED) is 0.687. The van der Waals surface area contributed by atoms with E-state index in [9.17, 15) is 4.79 Å². The van der Waals surface area contributed by atoms with E-state index in [-0.39, 0.29) is 5.91 Å². The zero-order valence-corrected chi connectivity index (χ0v) is 13.5. The summed E-state index contributed by atoms with van der Waals surface area (Å²) in [6.45, 7) is 6.01. The van der Waals surface area contributed by atoms with Gasteiger partial charge in [0.2, 0.25) is 0 Å². The molecule has 3 aromatic rings. The fourth-order valence-corrected chi connectivity index (χ4v) is 2.79. The van der Waals surface area contributed by atoms with Crippen LogP contribution in [0.2, 0.25) is 5.02 Å². The SMILES string of the molecule is Cc1cc(Cl)ccc1NC(=O)c1ccc2[nH]c(C)c(C)c2c1. The van der Waals surface area contributed by atoms with Gasteiger partial charge in [-0.3, -0.25) is 4.79 Å². The van der Waals surface area contributed by atoms with Gasteiger partial charge in [-0.15, -0.1) is 0 Å². The minimum atomic E-state index is -0.120. The largest absolute Gasteiger partial charge is 0.358 e. The van der Waals surface area contributed by atoms with Gasteiger partial charge >= 0.3 is 0 Å². The molecule has 3 rings (SSSR count). The van der Waals surface area contributed by atoms with E-state index in [4.69, 9.17) is 11.6 Å². The Hall–Kier alpha value is -2.26. The van der Waals surface area contributed by atoms with Crippen molar-refractivity contribution >= 4 is 34.1 Å². The third kappa shape index (κ3) is 2.60. The summed E-state index contributed by atoms with van der Waals surface area (Å²) in [5.74, 6) is -0.120. The lowest BCUT2D eigenvalue weighted by molar-refractivity contribution is 0.102. The van der Waals surface area contributed by atoms with Crippen LogP contribution in [0.15, 0.2) is 36.4 Å². The second-order valence-corrected chi connectivity index (χ2v) is 5.99. The molecule has 1 aromatic heterocycles. The molecule has 0 bridgehead atoms. The molecular weight excluding hydrogens is 296 g/mol. The summed E-state index contributed by atoms with van der Waals surface area (Å²) in [5, 5.41) is 4.68. The van der Waals surface area contributed by atoms with E-state index in [1.54, 1.807) is 6.07 Å². The van der Waals surface area contributed by atoms with Crippen LogP contribution in [-0.2, 0) is 0 Å². The molecule has 0 aliphatic rings. The molecule has 2 N–H and O–H groups in total. The number of nitrogens with one attached hydrogen (secondary N) is 2. The summed E-state index contributed by atoms with van der Waals surface area (Å²) in [6.07, 6.45) is 0. The molecule has 1 heterocycles. The molecule has 0 aliphatic carbocycles. The number of hydrogen-bond donors (Lipinski definition) is 2. The van der Waals surface area contributed by atoms with Crippen LogP contribution in [0.5, 0.6) is 0 Å². The molecule has 112 valence electrons. The van der Waals surface area contributed by atoms with Crippen molar-refractivity contribution in [3.8, 4) is 0 Å². The number of hydrogen-bond acceptors (Lipinski definition) is 1. The van der Waals surface area contributed by atoms with E-state index < -0.39 is 0 Å². The number of benzene rings is 2. The van der Waals surface area contributed by atoms with Crippen molar-refractivity contribution in [2.45, 2.75) is 20.8 Å². The number of aromatic amines is 1. The lowest BCUT2D eigenvalue weighted by atomic mass is 10.1. The van der Waals surface area contributed by atoms with Crippen molar-refractivity contribution in [3.63, 3.8) is 0 Å². The standard InChI is InChI=1S/C18H17ClN2O/c1-10-8-14(19)5-7-16(10)21-18(22)13-4-6-17-15(9-13)11(2)12(3)20-17/h4-9,20H,1-3H3,(H,21,22). The summed E-state index contributed by atoms with van der Waals surface area (Å²) >= 11 is 5.94. The Morgan fingerprint density at radius 3 is 2.59 bits per heavy atom. The van der Waals surface area contributed by atoms with Crippen molar-refractivity contribution < 1.29 is 4.79 Å². The average molecular weight is 313 g/mol. The molecule has 0 spiro atoms. The molecule has 0 atom stereocenters. The number of fused-ring (bicyclic) bond motifs is 1. The monoisotopic (exact) mass is 312 g/mol. The van der Waals surface area contributed by atoms with Crippen LogP contribution in [0.3, 0.4) is 0 Å². The summed E-state index contributed by atoms with van der Waals surface area (Å²) in [7, 11) is 0. The van der Waals surface area contributed by atoms with Gasteiger partial charge in [-0.25, -0.2) is 0 Å². The maximum Gasteiger partial charge on any atom is 0.255 e. The van der Waals surface area contributed by atoms with Crippen molar-refractivity contribution in [1.82, 2.24) is 4.98 Å². The molecule has 0 saturated heterocycles. The van der Waals surface area contributed by atoms with Gasteiger partial charge in [-0.2, -0.15) is 0 Å². The minimum Gasteiger partial charge on any atom is -0.358 e. The molecule has 0 saturated carbocycles. The van der Waals surface area contributed by atoms with Gasteiger partial charge in [-0.1, -0.05) is 11.6 Å². The van der Waals surface area contributed by atoms with Crippen LogP contribution in [0.1, 0.15) is 27.2 Å². The van der Waals surface area contributed by atoms with Crippen molar-refractivity contribution in [2.24, 2.45) is 0 Å². The van der Waals surface area contributed by atoms with Crippen LogP contribution in [0.4, 0.5) is 5.69 Å². The number of carbonyl (C=O) groups is 1. The molecule has 3 nitrogen and oxygen atoms in total. The number of halogens is 1. The predicted molar refractivity (Wildman–Crippen MR) is 91.9 cm³/mol. The fraction of sp³-hybridized carbons (Fsp3) is 0.167. The molecule has 0 fully saturated rings. The Balaban J connectivity index is 1.93. The summed E-state index contributed by atoms with van der Waals surface area (Å²) < 4.78 is 0. The number of amides is 1. The highest BCUT2D eigenvalue weighted by Gasteiger charge is 2.11. The maximum atomic E-state index is 12.5. The number of rotatable bonds is 2. The topological polar surface area (TPSA) is 44.9 Å². The molecule has 4 heteroatoms. The van der Waals surface area contributed by atoms with Gasteiger partial charge in [-0.05, 0) is 68.3 Å². The maximum absolute atomic E-state index is 12.5. The number of carbonyl (C=O) groups excluding carboxylic acids is 1. The van der Waals surface area contributed by atoms with Crippen LogP contribution in [0, 0.1) is 20.8 Å². The van der Waals surface area contributed by atoms with E-state index >= 15 is 0 Å². The van der Waals surface area contributed by atoms with Gasteiger partial charge in [0.25, 0.3) is 5.91 Å². The molecule has 22 heavy (non-hydrogen) atoms. The third-order valence-corrected chi connectivity index (χ3v) is 4.24. The first kappa shape index (κ1) is 14.7. The van der Waals surface area contributed by atoms with Crippen molar-refractivity contribution in [3.05, 3.63) is 63.8 Å².